The maximum Gasteiger partial charge on any atom is 0.236 e. The molecule has 0 spiro atoms. The lowest BCUT2D eigenvalue weighted by molar-refractivity contribution is 0.499. The summed E-state index contributed by atoms with van der Waals surface area (Å²) in [6.07, 6.45) is 3.73. The third kappa shape index (κ3) is 2.92. The zero-order valence-electron chi connectivity index (χ0n) is 9.19. The summed E-state index contributed by atoms with van der Waals surface area (Å²) in [5, 5.41) is 2.51. The van der Waals surface area contributed by atoms with E-state index in [-0.39, 0.29) is 5.69 Å². The second-order valence-electron chi connectivity index (χ2n) is 3.97. The van der Waals surface area contributed by atoms with E-state index in [2.05, 4.69) is 15.0 Å². The number of pyridine rings is 1. The molecule has 1 unspecified atom stereocenters. The van der Waals surface area contributed by atoms with Crippen LogP contribution in [0.3, 0.4) is 0 Å². The molecule has 2 rings (SSSR count). The predicted molar refractivity (Wildman–Crippen MR) is 62.6 cm³/mol. The minimum atomic E-state index is -3.54. The molecule has 5 nitrogen and oxygen atoms in total. The number of halogens is 1. The van der Waals surface area contributed by atoms with Gasteiger partial charge in [-0.15, -0.1) is 0 Å². The fourth-order valence-electron chi connectivity index (χ4n) is 1.78. The van der Waals surface area contributed by atoms with Gasteiger partial charge in [-0.05, 0) is 25.5 Å². The van der Waals surface area contributed by atoms with E-state index >= 15 is 0 Å². The molecule has 0 radical (unpaired) electrons. The molecule has 17 heavy (non-hydrogen) atoms. The lowest BCUT2D eigenvalue weighted by atomic mass is 10.2. The summed E-state index contributed by atoms with van der Waals surface area (Å²) >= 11 is 0. The number of piperidine rings is 1. The Hall–Kier alpha value is -1.21. The Morgan fingerprint density at radius 1 is 1.53 bits per heavy atom. The van der Waals surface area contributed by atoms with E-state index in [0.717, 1.165) is 19.2 Å². The highest BCUT2D eigenvalue weighted by Crippen LogP contribution is 2.18. The molecule has 1 fully saturated rings. The molecule has 1 aliphatic rings. The average Bonchev–Trinajstić information content (AvgIpc) is 2.33. The SMILES string of the molecule is O=S(=O)(Nc1ccncc1F)C1CCCNC1. The number of nitrogens with one attached hydrogen (secondary N) is 2. The summed E-state index contributed by atoms with van der Waals surface area (Å²) in [6, 6.07) is 1.31. The molecular weight excluding hydrogens is 245 g/mol. The molecule has 1 aliphatic heterocycles. The molecule has 0 aliphatic carbocycles. The van der Waals surface area contributed by atoms with E-state index in [9.17, 15) is 12.8 Å². The summed E-state index contributed by atoms with van der Waals surface area (Å²) in [5.74, 6) is -0.667. The summed E-state index contributed by atoms with van der Waals surface area (Å²) < 4.78 is 39.5. The van der Waals surface area contributed by atoms with Crippen LogP contribution < -0.4 is 10.0 Å². The monoisotopic (exact) mass is 259 g/mol. The summed E-state index contributed by atoms with van der Waals surface area (Å²) in [5.41, 5.74) is -0.0504. The second kappa shape index (κ2) is 4.97. The number of hydrogen-bond donors (Lipinski definition) is 2. The van der Waals surface area contributed by atoms with E-state index in [1.165, 1.54) is 12.3 Å². The van der Waals surface area contributed by atoms with Crippen LogP contribution in [0.4, 0.5) is 10.1 Å². The number of sulfonamides is 1. The van der Waals surface area contributed by atoms with Crippen LogP contribution >= 0.6 is 0 Å². The second-order valence-corrected chi connectivity index (χ2v) is 5.93. The highest BCUT2D eigenvalue weighted by atomic mass is 32.2. The Morgan fingerprint density at radius 3 is 3.00 bits per heavy atom. The van der Waals surface area contributed by atoms with Crippen molar-refractivity contribution in [1.29, 1.82) is 0 Å². The van der Waals surface area contributed by atoms with E-state index in [4.69, 9.17) is 0 Å². The minimum absolute atomic E-state index is 0.0504. The standard InChI is InChI=1S/C10H14FN3O2S/c11-9-7-13-5-3-10(9)14-17(15,16)8-2-1-4-12-6-8/h3,5,7-8,12H,1-2,4,6H2,(H,13,14). The Labute approximate surface area is 99.5 Å². The zero-order chi connectivity index (χ0) is 12.3. The third-order valence-electron chi connectivity index (χ3n) is 2.72. The molecule has 0 aromatic carbocycles. The first kappa shape index (κ1) is 12.3. The van der Waals surface area contributed by atoms with Gasteiger partial charge in [0, 0.05) is 12.7 Å². The molecule has 0 amide bonds. The molecule has 1 atom stereocenters. The Balaban J connectivity index is 2.14. The van der Waals surface area contributed by atoms with Gasteiger partial charge >= 0.3 is 0 Å². The zero-order valence-corrected chi connectivity index (χ0v) is 10.0. The number of rotatable bonds is 3. The molecule has 1 aromatic rings. The van der Waals surface area contributed by atoms with Crippen LogP contribution in [-0.4, -0.2) is 31.7 Å². The van der Waals surface area contributed by atoms with Crippen molar-refractivity contribution >= 4 is 15.7 Å². The molecule has 7 heteroatoms. The largest absolute Gasteiger partial charge is 0.315 e. The van der Waals surface area contributed by atoms with Crippen molar-refractivity contribution < 1.29 is 12.8 Å². The molecular formula is C10H14FN3O2S. The highest BCUT2D eigenvalue weighted by Gasteiger charge is 2.27. The predicted octanol–water partition coefficient (Wildman–Crippen LogP) is 0.714. The maximum atomic E-state index is 13.3. The van der Waals surface area contributed by atoms with Gasteiger partial charge in [-0.2, -0.15) is 0 Å². The van der Waals surface area contributed by atoms with Gasteiger partial charge in [0.15, 0.2) is 5.82 Å². The number of nitrogens with zero attached hydrogens (tertiary/aromatic N) is 1. The molecule has 2 heterocycles. The Morgan fingerprint density at radius 2 is 2.35 bits per heavy atom. The first-order valence-electron chi connectivity index (χ1n) is 5.41. The fraction of sp³-hybridized carbons (Fsp3) is 0.500. The van der Waals surface area contributed by atoms with E-state index < -0.39 is 21.1 Å². The number of anilines is 1. The Bertz CT molecular complexity index is 486. The van der Waals surface area contributed by atoms with E-state index in [0.29, 0.717) is 13.0 Å². The smallest absolute Gasteiger partial charge is 0.236 e. The van der Waals surface area contributed by atoms with Gasteiger partial charge in [0.2, 0.25) is 10.0 Å². The summed E-state index contributed by atoms with van der Waals surface area (Å²) in [4.78, 5) is 3.57. The van der Waals surface area contributed by atoms with E-state index in [1.807, 2.05) is 0 Å². The summed E-state index contributed by atoms with van der Waals surface area (Å²) in [6.45, 7) is 1.23. The highest BCUT2D eigenvalue weighted by molar-refractivity contribution is 7.93. The Kier molecular flexibility index (Phi) is 3.58. The number of aromatic nitrogens is 1. The van der Waals surface area contributed by atoms with Crippen LogP contribution in [0.2, 0.25) is 0 Å². The van der Waals surface area contributed by atoms with Crippen LogP contribution in [0.25, 0.3) is 0 Å². The third-order valence-corrected chi connectivity index (χ3v) is 4.50. The average molecular weight is 259 g/mol. The van der Waals surface area contributed by atoms with Crippen molar-refractivity contribution in [3.8, 4) is 0 Å². The molecule has 1 saturated heterocycles. The van der Waals surface area contributed by atoms with Crippen LogP contribution in [0.1, 0.15) is 12.8 Å². The van der Waals surface area contributed by atoms with Crippen molar-refractivity contribution in [2.24, 2.45) is 0 Å². The lowest BCUT2D eigenvalue weighted by Crippen LogP contribution is -2.41. The van der Waals surface area contributed by atoms with Crippen LogP contribution in [0.5, 0.6) is 0 Å². The molecule has 0 saturated carbocycles. The van der Waals surface area contributed by atoms with Gasteiger partial charge in [-0.3, -0.25) is 9.71 Å². The van der Waals surface area contributed by atoms with Crippen molar-refractivity contribution in [2.45, 2.75) is 18.1 Å². The van der Waals surface area contributed by atoms with E-state index in [1.54, 1.807) is 0 Å². The molecule has 2 N–H and O–H groups in total. The van der Waals surface area contributed by atoms with Gasteiger partial charge in [-0.1, -0.05) is 0 Å². The van der Waals surface area contributed by atoms with Crippen molar-refractivity contribution in [3.63, 3.8) is 0 Å². The van der Waals surface area contributed by atoms with Crippen molar-refractivity contribution in [2.75, 3.05) is 17.8 Å². The van der Waals surface area contributed by atoms with Crippen LogP contribution in [0, 0.1) is 5.82 Å². The van der Waals surface area contributed by atoms with Gasteiger partial charge < -0.3 is 5.32 Å². The van der Waals surface area contributed by atoms with Gasteiger partial charge in [-0.25, -0.2) is 12.8 Å². The molecule has 94 valence electrons. The van der Waals surface area contributed by atoms with Crippen molar-refractivity contribution in [1.82, 2.24) is 10.3 Å². The minimum Gasteiger partial charge on any atom is -0.315 e. The van der Waals surface area contributed by atoms with Gasteiger partial charge in [0.25, 0.3) is 0 Å². The van der Waals surface area contributed by atoms with Gasteiger partial charge in [0.05, 0.1) is 17.1 Å². The first-order chi connectivity index (χ1) is 8.09. The number of hydrogen-bond acceptors (Lipinski definition) is 4. The quantitative estimate of drug-likeness (QED) is 0.839. The van der Waals surface area contributed by atoms with Crippen LogP contribution in [-0.2, 0) is 10.0 Å². The molecule has 1 aromatic heterocycles. The first-order valence-corrected chi connectivity index (χ1v) is 6.96. The van der Waals surface area contributed by atoms with Crippen molar-refractivity contribution in [3.05, 3.63) is 24.3 Å². The normalized spacial score (nSPS) is 21.1. The van der Waals surface area contributed by atoms with Gasteiger partial charge in [0.1, 0.15) is 0 Å². The molecule has 0 bridgehead atoms. The fourth-order valence-corrected chi connectivity index (χ4v) is 3.23. The summed E-state index contributed by atoms with van der Waals surface area (Å²) in [7, 11) is -3.54. The van der Waals surface area contributed by atoms with Crippen LogP contribution in [0.15, 0.2) is 18.5 Å². The lowest BCUT2D eigenvalue weighted by Gasteiger charge is -2.23. The maximum absolute atomic E-state index is 13.3. The topological polar surface area (TPSA) is 71.1 Å².